The molecule has 1 heterocycles. The van der Waals surface area contributed by atoms with Gasteiger partial charge in [0.25, 0.3) is 0 Å². The molecule has 0 nitrogen and oxygen atoms in total. The first kappa shape index (κ1) is 8.25. The van der Waals surface area contributed by atoms with Crippen molar-refractivity contribution in [3.05, 3.63) is 33.5 Å². The maximum absolute atomic E-state index is 2.39. The minimum atomic E-state index is 1.20. The van der Waals surface area contributed by atoms with Crippen molar-refractivity contribution in [2.24, 2.45) is 0 Å². The molecule has 3 rings (SSSR count). The molecule has 0 spiro atoms. The molecule has 0 radical (unpaired) electrons. The van der Waals surface area contributed by atoms with E-state index in [0.29, 0.717) is 0 Å². The number of aryl methyl sites for hydroxylation is 1. The summed E-state index contributed by atoms with van der Waals surface area (Å²) in [6.07, 6.45) is 7.17. The molecule has 0 bridgehead atoms. The van der Waals surface area contributed by atoms with Gasteiger partial charge in [0.1, 0.15) is 0 Å². The molecule has 0 atom stereocenters. The highest BCUT2D eigenvalue weighted by atomic mass is 32.1. The lowest BCUT2D eigenvalue weighted by Crippen LogP contribution is -2.21. The van der Waals surface area contributed by atoms with E-state index in [4.69, 9.17) is 0 Å². The summed E-state index contributed by atoms with van der Waals surface area (Å²) in [6.45, 7) is 2.21. The van der Waals surface area contributed by atoms with Crippen LogP contribution in [0, 0.1) is 6.92 Å². The SMILES string of the molecule is Cc1cccc2sc3c(c12)=CCCC=3. The van der Waals surface area contributed by atoms with Crippen LogP contribution in [0.2, 0.25) is 0 Å². The van der Waals surface area contributed by atoms with E-state index >= 15 is 0 Å². The Kier molecular flexibility index (Phi) is 1.74. The van der Waals surface area contributed by atoms with Gasteiger partial charge in [0, 0.05) is 14.6 Å². The maximum atomic E-state index is 2.39. The third-order valence-corrected chi connectivity index (χ3v) is 4.00. The third-order valence-electron chi connectivity index (χ3n) is 2.83. The van der Waals surface area contributed by atoms with E-state index in [2.05, 4.69) is 37.3 Å². The number of hydrogen-bond donors (Lipinski definition) is 0. The molecular weight excluding hydrogens is 188 g/mol. The van der Waals surface area contributed by atoms with Crippen LogP contribution in [0.4, 0.5) is 0 Å². The summed E-state index contributed by atoms with van der Waals surface area (Å²) in [5.74, 6) is 0. The Bertz CT molecular complexity index is 602. The molecule has 1 heteroatoms. The molecule has 0 saturated heterocycles. The average molecular weight is 200 g/mol. The first-order chi connectivity index (χ1) is 6.86. The van der Waals surface area contributed by atoms with Crippen LogP contribution in [-0.2, 0) is 0 Å². The second-order valence-electron chi connectivity index (χ2n) is 3.81. The highest BCUT2D eigenvalue weighted by Crippen LogP contribution is 2.18. The zero-order chi connectivity index (χ0) is 9.54. The Labute approximate surface area is 87.2 Å². The first-order valence-corrected chi connectivity index (χ1v) is 5.86. The van der Waals surface area contributed by atoms with Gasteiger partial charge in [0.2, 0.25) is 0 Å². The normalized spacial score (nSPS) is 14.6. The van der Waals surface area contributed by atoms with E-state index in [1.165, 1.54) is 38.2 Å². The van der Waals surface area contributed by atoms with Crippen molar-refractivity contribution in [1.82, 2.24) is 0 Å². The minimum absolute atomic E-state index is 1.20. The molecule has 0 amide bonds. The summed E-state index contributed by atoms with van der Waals surface area (Å²) in [7, 11) is 0. The van der Waals surface area contributed by atoms with E-state index < -0.39 is 0 Å². The van der Waals surface area contributed by atoms with E-state index in [0.717, 1.165) is 0 Å². The van der Waals surface area contributed by atoms with Gasteiger partial charge in [-0.3, -0.25) is 0 Å². The molecule has 1 aromatic carbocycles. The number of fused-ring (bicyclic) bond motifs is 3. The number of hydrogen-bond acceptors (Lipinski definition) is 1. The lowest BCUT2D eigenvalue weighted by molar-refractivity contribution is 1.13. The highest BCUT2D eigenvalue weighted by Gasteiger charge is 2.04. The largest absolute Gasteiger partial charge is 0.136 e. The fourth-order valence-corrected chi connectivity index (χ4v) is 3.42. The molecule has 1 aliphatic carbocycles. The van der Waals surface area contributed by atoms with Crippen LogP contribution in [-0.4, -0.2) is 0 Å². The quantitative estimate of drug-likeness (QED) is 0.613. The second-order valence-corrected chi connectivity index (χ2v) is 4.90. The molecule has 0 fully saturated rings. The zero-order valence-corrected chi connectivity index (χ0v) is 9.03. The van der Waals surface area contributed by atoms with Crippen molar-refractivity contribution in [1.29, 1.82) is 0 Å². The van der Waals surface area contributed by atoms with E-state index in [9.17, 15) is 0 Å². The molecule has 0 N–H and O–H groups in total. The Morgan fingerprint density at radius 1 is 1.14 bits per heavy atom. The number of benzene rings is 1. The van der Waals surface area contributed by atoms with E-state index in [1.807, 2.05) is 11.3 Å². The van der Waals surface area contributed by atoms with Gasteiger partial charge in [-0.15, -0.1) is 11.3 Å². The molecule has 0 aliphatic heterocycles. The Balaban J connectivity index is 2.64. The van der Waals surface area contributed by atoms with Crippen LogP contribution >= 0.6 is 11.3 Å². The summed E-state index contributed by atoms with van der Waals surface area (Å²) in [4.78, 5) is 0. The van der Waals surface area contributed by atoms with Crippen LogP contribution in [0.1, 0.15) is 18.4 Å². The third kappa shape index (κ3) is 1.05. The molecule has 14 heavy (non-hydrogen) atoms. The molecule has 0 saturated carbocycles. The first-order valence-electron chi connectivity index (χ1n) is 5.05. The van der Waals surface area contributed by atoms with Crippen molar-refractivity contribution in [3.63, 3.8) is 0 Å². The van der Waals surface area contributed by atoms with Crippen molar-refractivity contribution in [3.8, 4) is 0 Å². The Morgan fingerprint density at radius 3 is 2.93 bits per heavy atom. The van der Waals surface area contributed by atoms with Crippen LogP contribution in [0.3, 0.4) is 0 Å². The van der Waals surface area contributed by atoms with Gasteiger partial charge in [-0.25, -0.2) is 0 Å². The monoisotopic (exact) mass is 200 g/mol. The van der Waals surface area contributed by atoms with Crippen molar-refractivity contribution in [2.75, 3.05) is 0 Å². The molecule has 0 unspecified atom stereocenters. The maximum Gasteiger partial charge on any atom is 0.0357 e. The van der Waals surface area contributed by atoms with Crippen molar-refractivity contribution >= 4 is 33.6 Å². The Hall–Kier alpha value is -1.08. The summed E-state index contributed by atoms with van der Waals surface area (Å²) in [5, 5.41) is 2.96. The van der Waals surface area contributed by atoms with Gasteiger partial charge in [-0.05, 0) is 36.6 Å². The summed E-state index contributed by atoms with van der Waals surface area (Å²) < 4.78 is 2.91. The molecule has 1 aliphatic rings. The lowest BCUT2D eigenvalue weighted by Gasteiger charge is -1.96. The van der Waals surface area contributed by atoms with E-state index in [-0.39, 0.29) is 0 Å². The van der Waals surface area contributed by atoms with E-state index in [1.54, 1.807) is 0 Å². The minimum Gasteiger partial charge on any atom is -0.136 e. The molecular formula is C13H12S. The van der Waals surface area contributed by atoms with Crippen LogP contribution in [0.5, 0.6) is 0 Å². The molecule has 1 aromatic heterocycles. The fraction of sp³-hybridized carbons (Fsp3) is 0.231. The Morgan fingerprint density at radius 2 is 2.00 bits per heavy atom. The van der Waals surface area contributed by atoms with Gasteiger partial charge in [0.05, 0.1) is 0 Å². The smallest absolute Gasteiger partial charge is 0.0357 e. The summed E-state index contributed by atoms with van der Waals surface area (Å²) in [6, 6.07) is 6.59. The van der Waals surface area contributed by atoms with Crippen molar-refractivity contribution < 1.29 is 0 Å². The van der Waals surface area contributed by atoms with Gasteiger partial charge in [0.15, 0.2) is 0 Å². The predicted octanol–water partition coefficient (Wildman–Crippen LogP) is 2.56. The van der Waals surface area contributed by atoms with Gasteiger partial charge >= 0.3 is 0 Å². The van der Waals surface area contributed by atoms with Crippen LogP contribution < -0.4 is 9.75 Å². The van der Waals surface area contributed by atoms with Gasteiger partial charge in [-0.2, -0.15) is 0 Å². The number of rotatable bonds is 0. The second kappa shape index (κ2) is 2.96. The highest BCUT2D eigenvalue weighted by molar-refractivity contribution is 7.17. The van der Waals surface area contributed by atoms with Crippen LogP contribution in [0.25, 0.3) is 22.2 Å². The van der Waals surface area contributed by atoms with Crippen molar-refractivity contribution in [2.45, 2.75) is 19.8 Å². The fourth-order valence-electron chi connectivity index (χ4n) is 2.16. The lowest BCUT2D eigenvalue weighted by atomic mass is 10.1. The number of thiophene rings is 1. The average Bonchev–Trinajstić information content (AvgIpc) is 2.57. The van der Waals surface area contributed by atoms with Gasteiger partial charge < -0.3 is 0 Å². The molecule has 2 aromatic rings. The standard InChI is InChI=1S/C13H12S/c1-9-5-4-8-12-13(9)10-6-2-3-7-11(10)14-12/h4-8H,2-3H2,1H3. The zero-order valence-electron chi connectivity index (χ0n) is 8.21. The van der Waals surface area contributed by atoms with Crippen LogP contribution in [0.15, 0.2) is 18.2 Å². The summed E-state index contributed by atoms with van der Waals surface area (Å²) in [5.41, 5.74) is 1.41. The molecule has 70 valence electrons. The summed E-state index contributed by atoms with van der Waals surface area (Å²) >= 11 is 1.93. The predicted molar refractivity (Wildman–Crippen MR) is 64.0 cm³/mol. The van der Waals surface area contributed by atoms with Gasteiger partial charge in [-0.1, -0.05) is 24.3 Å². The topological polar surface area (TPSA) is 0 Å².